The molecule has 1 spiro atoms. The molecule has 0 aromatic heterocycles. The smallest absolute Gasteiger partial charge is 0.312 e. The van der Waals surface area contributed by atoms with Gasteiger partial charge in [0.25, 0.3) is 0 Å². The van der Waals surface area contributed by atoms with Gasteiger partial charge in [0, 0.05) is 5.54 Å². The van der Waals surface area contributed by atoms with E-state index < -0.39 is 47.1 Å². The molecule has 3 heterocycles. The Morgan fingerprint density at radius 3 is 2.42 bits per heavy atom. The number of hydrogen-bond donors (Lipinski definition) is 2. The third-order valence-electron chi connectivity index (χ3n) is 7.29. The van der Waals surface area contributed by atoms with Crippen LogP contribution in [0.15, 0.2) is 0 Å². The molecule has 0 aliphatic carbocycles. The Balaban J connectivity index is 2.03. The van der Waals surface area contributed by atoms with Crippen LogP contribution in [0.2, 0.25) is 0 Å². The Kier molecular flexibility index (Phi) is 6.95. The molecule has 2 N–H and O–H groups in total. The SMILES string of the molecule is CCOC(=O)[C@@H]1[C@@H]2CCC3(O2)C(C(=O)NC(C)(C)CC(C)(C)C)N([C@@H](CO)C(C)C)C(=O)[C@H]13. The fraction of sp³-hybridized carbons (Fsp3) is 0.880. The summed E-state index contributed by atoms with van der Waals surface area (Å²) in [6.07, 6.45) is 1.44. The zero-order valence-electron chi connectivity index (χ0n) is 21.4. The lowest BCUT2D eigenvalue weighted by atomic mass is 9.70. The molecule has 3 rings (SSSR count). The lowest BCUT2D eigenvalue weighted by Gasteiger charge is -2.41. The van der Waals surface area contributed by atoms with Gasteiger partial charge in [-0.1, -0.05) is 34.6 Å². The molecule has 0 radical (unpaired) electrons. The molecule has 3 fully saturated rings. The molecule has 8 heteroatoms. The van der Waals surface area contributed by atoms with Crippen molar-refractivity contribution >= 4 is 17.8 Å². The number of rotatable bonds is 8. The maximum absolute atomic E-state index is 13.9. The molecule has 0 aromatic carbocycles. The van der Waals surface area contributed by atoms with Crippen LogP contribution in [0, 0.1) is 23.2 Å². The van der Waals surface area contributed by atoms with E-state index in [1.165, 1.54) is 4.90 Å². The Bertz CT molecular complexity index is 788. The third-order valence-corrected chi connectivity index (χ3v) is 7.29. The van der Waals surface area contributed by atoms with Crippen molar-refractivity contribution in [1.29, 1.82) is 0 Å². The largest absolute Gasteiger partial charge is 0.466 e. The second kappa shape index (κ2) is 8.84. The maximum Gasteiger partial charge on any atom is 0.312 e. The lowest BCUT2D eigenvalue weighted by molar-refractivity contribution is -0.156. The topological polar surface area (TPSA) is 105 Å². The van der Waals surface area contributed by atoms with E-state index in [4.69, 9.17) is 9.47 Å². The summed E-state index contributed by atoms with van der Waals surface area (Å²) in [4.78, 5) is 42.1. The van der Waals surface area contributed by atoms with E-state index in [-0.39, 0.29) is 36.4 Å². The molecule has 2 amide bonds. The summed E-state index contributed by atoms with van der Waals surface area (Å²) in [6, 6.07) is -1.46. The highest BCUT2D eigenvalue weighted by Gasteiger charge is 2.75. The van der Waals surface area contributed by atoms with Gasteiger partial charge in [-0.3, -0.25) is 14.4 Å². The Morgan fingerprint density at radius 1 is 1.27 bits per heavy atom. The minimum atomic E-state index is -1.08. The minimum Gasteiger partial charge on any atom is -0.466 e. The van der Waals surface area contributed by atoms with Gasteiger partial charge in [0.1, 0.15) is 11.6 Å². The first kappa shape index (κ1) is 25.9. The summed E-state index contributed by atoms with van der Waals surface area (Å²) in [5.41, 5.74) is -1.60. The number of nitrogens with one attached hydrogen (secondary N) is 1. The molecular weight excluding hydrogens is 424 g/mol. The first-order valence-corrected chi connectivity index (χ1v) is 12.3. The van der Waals surface area contributed by atoms with Crippen LogP contribution in [0.25, 0.3) is 0 Å². The molecule has 0 saturated carbocycles. The van der Waals surface area contributed by atoms with Crippen LogP contribution < -0.4 is 5.32 Å². The second-order valence-corrected chi connectivity index (χ2v) is 12.2. The summed E-state index contributed by atoms with van der Waals surface area (Å²) in [5.74, 6) is -2.60. The van der Waals surface area contributed by atoms with Gasteiger partial charge in [0.2, 0.25) is 11.8 Å². The summed E-state index contributed by atoms with van der Waals surface area (Å²) in [5, 5.41) is 13.4. The first-order chi connectivity index (χ1) is 15.2. The summed E-state index contributed by atoms with van der Waals surface area (Å²) < 4.78 is 11.7. The highest BCUT2D eigenvalue weighted by atomic mass is 16.6. The van der Waals surface area contributed by atoms with Gasteiger partial charge in [0.05, 0.1) is 37.2 Å². The van der Waals surface area contributed by atoms with E-state index in [1.807, 2.05) is 27.7 Å². The predicted molar refractivity (Wildman–Crippen MR) is 123 cm³/mol. The van der Waals surface area contributed by atoms with Gasteiger partial charge in [-0.2, -0.15) is 0 Å². The Morgan fingerprint density at radius 2 is 1.91 bits per heavy atom. The van der Waals surface area contributed by atoms with Gasteiger partial charge in [0.15, 0.2) is 0 Å². The zero-order chi connectivity index (χ0) is 24.9. The molecule has 2 unspecified atom stereocenters. The second-order valence-electron chi connectivity index (χ2n) is 12.2. The van der Waals surface area contributed by atoms with E-state index in [0.717, 1.165) is 6.42 Å². The minimum absolute atomic E-state index is 0.00827. The van der Waals surface area contributed by atoms with Gasteiger partial charge >= 0.3 is 5.97 Å². The van der Waals surface area contributed by atoms with E-state index in [0.29, 0.717) is 12.8 Å². The zero-order valence-corrected chi connectivity index (χ0v) is 21.4. The molecule has 3 saturated heterocycles. The van der Waals surface area contributed by atoms with Gasteiger partial charge in [-0.05, 0) is 51.4 Å². The summed E-state index contributed by atoms with van der Waals surface area (Å²) in [7, 11) is 0. The molecule has 3 aliphatic heterocycles. The first-order valence-electron chi connectivity index (χ1n) is 12.3. The fourth-order valence-electron chi connectivity index (χ4n) is 6.65. The number of carbonyl (C=O) groups is 3. The normalized spacial score (nSPS) is 32.3. The van der Waals surface area contributed by atoms with Crippen molar-refractivity contribution in [3.63, 3.8) is 0 Å². The number of carbonyl (C=O) groups excluding carboxylic acids is 3. The molecular formula is C25H42N2O6. The van der Waals surface area contributed by atoms with Gasteiger partial charge in [-0.25, -0.2) is 0 Å². The quantitative estimate of drug-likeness (QED) is 0.532. The van der Waals surface area contributed by atoms with E-state index >= 15 is 0 Å². The molecule has 188 valence electrons. The number of aliphatic hydroxyl groups is 1. The van der Waals surface area contributed by atoms with Crippen LogP contribution in [0.5, 0.6) is 0 Å². The number of hydrogen-bond acceptors (Lipinski definition) is 6. The maximum atomic E-state index is 13.9. The number of ether oxygens (including phenoxy) is 2. The average molecular weight is 467 g/mol. The summed E-state index contributed by atoms with van der Waals surface area (Å²) >= 11 is 0. The Hall–Kier alpha value is -1.67. The van der Waals surface area contributed by atoms with Crippen molar-refractivity contribution in [2.75, 3.05) is 13.2 Å². The van der Waals surface area contributed by atoms with Crippen LogP contribution >= 0.6 is 0 Å². The number of nitrogens with zero attached hydrogens (tertiary/aromatic N) is 1. The number of amides is 2. The molecule has 3 aliphatic rings. The van der Waals surface area contributed by atoms with E-state index in [2.05, 4.69) is 26.1 Å². The number of likely N-dealkylation sites (tertiary alicyclic amines) is 1. The number of aliphatic hydroxyl groups excluding tert-OH is 1. The average Bonchev–Trinajstić information content (AvgIpc) is 3.27. The molecule has 6 atom stereocenters. The fourth-order valence-corrected chi connectivity index (χ4v) is 6.65. The van der Waals surface area contributed by atoms with Crippen molar-refractivity contribution in [3.05, 3.63) is 0 Å². The van der Waals surface area contributed by atoms with Crippen LogP contribution in [0.1, 0.15) is 74.7 Å². The van der Waals surface area contributed by atoms with Crippen LogP contribution in [0.4, 0.5) is 0 Å². The molecule has 0 aromatic rings. The van der Waals surface area contributed by atoms with Crippen LogP contribution in [-0.4, -0.2) is 70.3 Å². The van der Waals surface area contributed by atoms with E-state index in [9.17, 15) is 19.5 Å². The number of esters is 1. The predicted octanol–water partition coefficient (Wildman–Crippen LogP) is 2.27. The summed E-state index contributed by atoms with van der Waals surface area (Å²) in [6.45, 7) is 15.8. The highest BCUT2D eigenvalue weighted by molar-refractivity contribution is 5.98. The number of fused-ring (bicyclic) bond motifs is 1. The monoisotopic (exact) mass is 466 g/mol. The standard InChI is InChI=1S/C25H42N2O6/c1-9-32-22(31)17-16-10-11-25(33-16)18(17)21(30)27(15(12-28)14(2)3)19(25)20(29)26-24(7,8)13-23(4,5)6/h14-19,28H,9-13H2,1-8H3,(H,26,29)/t15-,16-,17+,18-,19?,25?/m0/s1. The third kappa shape index (κ3) is 4.53. The van der Waals surface area contributed by atoms with Crippen molar-refractivity contribution in [2.45, 2.75) is 104 Å². The van der Waals surface area contributed by atoms with Crippen LogP contribution in [-0.2, 0) is 23.9 Å². The van der Waals surface area contributed by atoms with Crippen molar-refractivity contribution < 1.29 is 29.0 Å². The molecule has 8 nitrogen and oxygen atoms in total. The van der Waals surface area contributed by atoms with Gasteiger partial charge in [-0.15, -0.1) is 0 Å². The van der Waals surface area contributed by atoms with E-state index in [1.54, 1.807) is 6.92 Å². The van der Waals surface area contributed by atoms with Crippen molar-refractivity contribution in [1.82, 2.24) is 10.2 Å². The molecule has 33 heavy (non-hydrogen) atoms. The lowest BCUT2D eigenvalue weighted by Crippen LogP contribution is -2.61. The van der Waals surface area contributed by atoms with Crippen molar-refractivity contribution in [3.8, 4) is 0 Å². The van der Waals surface area contributed by atoms with Crippen molar-refractivity contribution in [2.24, 2.45) is 23.2 Å². The van der Waals surface area contributed by atoms with Crippen LogP contribution in [0.3, 0.4) is 0 Å². The van der Waals surface area contributed by atoms with Gasteiger partial charge < -0.3 is 24.8 Å². The highest BCUT2D eigenvalue weighted by Crippen LogP contribution is 2.59. The molecule has 2 bridgehead atoms. The Labute approximate surface area is 197 Å².